The van der Waals surface area contributed by atoms with Gasteiger partial charge in [-0.3, -0.25) is 4.57 Å². The van der Waals surface area contributed by atoms with Gasteiger partial charge >= 0.3 is 0 Å². The van der Waals surface area contributed by atoms with E-state index < -0.39 is 0 Å². The number of hydrogen-bond acceptors (Lipinski definition) is 1. The van der Waals surface area contributed by atoms with Crippen LogP contribution in [0.15, 0.2) is 0 Å². The van der Waals surface area contributed by atoms with Crippen LogP contribution in [0.4, 0.5) is 0 Å². The van der Waals surface area contributed by atoms with Crippen LogP contribution in [-0.2, 0) is 4.57 Å². The molecule has 1 nitrogen and oxygen atoms in total. The molecule has 0 heterocycles. The van der Waals surface area contributed by atoms with Gasteiger partial charge in [-0.2, -0.15) is 0 Å². The first-order valence-corrected chi connectivity index (χ1v) is 4.87. The molecule has 0 aromatic carbocycles. The monoisotopic (exact) mass is 158 g/mol. The van der Waals surface area contributed by atoms with Gasteiger partial charge < -0.3 is 0 Å². The third kappa shape index (κ3) is 1.25. The smallest absolute Gasteiger partial charge is 0.162 e. The Kier molecular flexibility index (Phi) is 2.46. The first-order chi connectivity index (χ1) is 4.71. The molecule has 1 fully saturated rings. The lowest BCUT2D eigenvalue weighted by molar-refractivity contribution is 0.423. The molecule has 0 N–H and O–H groups in total. The standard InChI is InChI=1S/C8H15OP/c1-7(2)8(10-9)5-3-4-6-8/h7H,3-6H2,1-2H3. The molecule has 1 saturated carbocycles. The maximum atomic E-state index is 10.9. The van der Waals surface area contributed by atoms with Crippen LogP contribution in [0.25, 0.3) is 0 Å². The molecule has 2 heteroatoms. The third-order valence-electron chi connectivity index (χ3n) is 2.73. The summed E-state index contributed by atoms with van der Waals surface area (Å²) >= 11 is 0. The van der Waals surface area contributed by atoms with Gasteiger partial charge in [0.2, 0.25) is 0 Å². The zero-order chi connectivity index (χ0) is 7.61. The molecule has 1 aliphatic carbocycles. The Morgan fingerprint density at radius 3 is 2.00 bits per heavy atom. The van der Waals surface area contributed by atoms with Crippen LogP contribution in [0.5, 0.6) is 0 Å². The molecule has 0 amide bonds. The van der Waals surface area contributed by atoms with E-state index in [1.54, 1.807) is 0 Å². The van der Waals surface area contributed by atoms with Gasteiger partial charge in [0.25, 0.3) is 0 Å². The van der Waals surface area contributed by atoms with Crippen molar-refractivity contribution >= 4 is 8.46 Å². The molecule has 0 aromatic rings. The van der Waals surface area contributed by atoms with E-state index in [2.05, 4.69) is 13.8 Å². The molecule has 0 atom stereocenters. The average molecular weight is 158 g/mol. The molecule has 1 aliphatic rings. The molecule has 58 valence electrons. The summed E-state index contributed by atoms with van der Waals surface area (Å²) in [4.78, 5) is 0. The molecule has 0 aliphatic heterocycles. The molecule has 0 radical (unpaired) electrons. The Morgan fingerprint density at radius 1 is 1.30 bits per heavy atom. The molecule has 0 unspecified atom stereocenters. The van der Waals surface area contributed by atoms with Crippen molar-refractivity contribution in [3.05, 3.63) is 0 Å². The number of rotatable bonds is 2. The van der Waals surface area contributed by atoms with E-state index in [1.807, 2.05) is 0 Å². The summed E-state index contributed by atoms with van der Waals surface area (Å²) in [6.45, 7) is 4.35. The molecule has 0 saturated heterocycles. The molecule has 10 heavy (non-hydrogen) atoms. The van der Waals surface area contributed by atoms with Gasteiger partial charge in [-0.1, -0.05) is 26.7 Å². The zero-order valence-corrected chi connectivity index (χ0v) is 7.66. The van der Waals surface area contributed by atoms with E-state index in [4.69, 9.17) is 0 Å². The number of hydrogen-bond donors (Lipinski definition) is 0. The minimum absolute atomic E-state index is 0.153. The Labute approximate surface area is 64.4 Å². The predicted molar refractivity (Wildman–Crippen MR) is 43.6 cm³/mol. The van der Waals surface area contributed by atoms with Crippen molar-refractivity contribution in [2.45, 2.75) is 44.7 Å². The molecule has 0 spiro atoms. The maximum absolute atomic E-state index is 10.9. The Bertz CT molecular complexity index is 125. The quantitative estimate of drug-likeness (QED) is 0.564. The summed E-state index contributed by atoms with van der Waals surface area (Å²) in [6, 6.07) is 0. The van der Waals surface area contributed by atoms with Crippen LogP contribution >= 0.6 is 8.46 Å². The second kappa shape index (κ2) is 3.00. The second-order valence-corrected chi connectivity index (χ2v) is 4.63. The van der Waals surface area contributed by atoms with Crippen molar-refractivity contribution in [2.24, 2.45) is 5.92 Å². The summed E-state index contributed by atoms with van der Waals surface area (Å²) in [5.41, 5.74) is 0. The van der Waals surface area contributed by atoms with Crippen molar-refractivity contribution in [2.75, 3.05) is 0 Å². The van der Waals surface area contributed by atoms with Crippen LogP contribution < -0.4 is 0 Å². The van der Waals surface area contributed by atoms with Crippen LogP contribution in [0.1, 0.15) is 39.5 Å². The molecular formula is C8H15OP. The van der Waals surface area contributed by atoms with Crippen LogP contribution in [0.2, 0.25) is 0 Å². The van der Waals surface area contributed by atoms with E-state index in [9.17, 15) is 4.57 Å². The minimum atomic E-state index is 0.153. The first kappa shape index (κ1) is 8.20. The minimum Gasteiger partial charge on any atom is -0.274 e. The maximum Gasteiger partial charge on any atom is 0.162 e. The lowest BCUT2D eigenvalue weighted by Crippen LogP contribution is -2.23. The SMILES string of the molecule is CC(C)C1(P=O)CCCC1. The summed E-state index contributed by atoms with van der Waals surface area (Å²) in [5, 5.41) is 0.153. The van der Waals surface area contributed by atoms with Crippen LogP contribution in [0, 0.1) is 5.92 Å². The van der Waals surface area contributed by atoms with E-state index in [1.165, 1.54) is 12.8 Å². The Balaban J connectivity index is 2.67. The highest BCUT2D eigenvalue weighted by Crippen LogP contribution is 2.45. The van der Waals surface area contributed by atoms with E-state index in [-0.39, 0.29) is 5.16 Å². The normalized spacial score (nSPS) is 24.3. The highest BCUT2D eigenvalue weighted by atomic mass is 31.1. The third-order valence-corrected chi connectivity index (χ3v) is 4.05. The van der Waals surface area contributed by atoms with Gasteiger partial charge in [0.05, 0.1) is 5.16 Å². The van der Waals surface area contributed by atoms with Gasteiger partial charge in [-0.15, -0.1) is 0 Å². The highest BCUT2D eigenvalue weighted by Gasteiger charge is 2.37. The van der Waals surface area contributed by atoms with Gasteiger partial charge in [-0.25, -0.2) is 0 Å². The second-order valence-electron chi connectivity index (χ2n) is 3.56. The Hall–Kier alpha value is 0.100. The van der Waals surface area contributed by atoms with Gasteiger partial charge in [0.15, 0.2) is 8.46 Å². The Morgan fingerprint density at radius 2 is 1.80 bits per heavy atom. The molecular weight excluding hydrogens is 143 g/mol. The van der Waals surface area contributed by atoms with Gasteiger partial charge in [-0.05, 0) is 18.8 Å². The molecule has 1 rings (SSSR count). The zero-order valence-electron chi connectivity index (χ0n) is 6.76. The molecule has 0 bridgehead atoms. The average Bonchev–Trinajstić information content (AvgIpc) is 2.35. The highest BCUT2D eigenvalue weighted by molar-refractivity contribution is 7.26. The van der Waals surface area contributed by atoms with Crippen LogP contribution in [0.3, 0.4) is 0 Å². The van der Waals surface area contributed by atoms with Crippen molar-refractivity contribution < 1.29 is 4.57 Å². The van der Waals surface area contributed by atoms with Crippen molar-refractivity contribution in [3.63, 3.8) is 0 Å². The van der Waals surface area contributed by atoms with E-state index in [0.29, 0.717) is 14.4 Å². The van der Waals surface area contributed by atoms with Gasteiger partial charge in [0.1, 0.15) is 0 Å². The molecule has 0 aromatic heterocycles. The largest absolute Gasteiger partial charge is 0.274 e. The summed E-state index contributed by atoms with van der Waals surface area (Å²) in [5.74, 6) is 0.578. The fourth-order valence-corrected chi connectivity index (χ4v) is 2.47. The van der Waals surface area contributed by atoms with Crippen molar-refractivity contribution in [1.29, 1.82) is 0 Å². The summed E-state index contributed by atoms with van der Waals surface area (Å²) in [6.07, 6.45) is 4.87. The van der Waals surface area contributed by atoms with E-state index >= 15 is 0 Å². The fraction of sp³-hybridized carbons (Fsp3) is 1.00. The van der Waals surface area contributed by atoms with Crippen LogP contribution in [-0.4, -0.2) is 5.16 Å². The summed E-state index contributed by atoms with van der Waals surface area (Å²) < 4.78 is 10.9. The lowest BCUT2D eigenvalue weighted by Gasteiger charge is -2.24. The predicted octanol–water partition coefficient (Wildman–Crippen LogP) is 3.25. The first-order valence-electron chi connectivity index (χ1n) is 4.06. The van der Waals surface area contributed by atoms with Crippen molar-refractivity contribution in [1.82, 2.24) is 0 Å². The van der Waals surface area contributed by atoms with E-state index in [0.717, 1.165) is 12.8 Å². The van der Waals surface area contributed by atoms with Crippen molar-refractivity contribution in [3.8, 4) is 0 Å². The topological polar surface area (TPSA) is 17.1 Å². The van der Waals surface area contributed by atoms with Gasteiger partial charge in [0, 0.05) is 0 Å². The fourth-order valence-electron chi connectivity index (χ4n) is 1.76. The summed E-state index contributed by atoms with van der Waals surface area (Å²) in [7, 11) is 0.375. The lowest BCUT2D eigenvalue weighted by atomic mass is 9.93.